The summed E-state index contributed by atoms with van der Waals surface area (Å²) in [5.41, 5.74) is 6.04. The summed E-state index contributed by atoms with van der Waals surface area (Å²) >= 11 is 0. The van der Waals surface area contributed by atoms with Gasteiger partial charge in [0.25, 0.3) is 5.91 Å². The van der Waals surface area contributed by atoms with E-state index in [1.165, 1.54) is 7.11 Å². The van der Waals surface area contributed by atoms with Crippen LogP contribution in [0.25, 0.3) is 22.2 Å². The molecule has 0 saturated carbocycles. The minimum atomic E-state index is -0.894. The van der Waals surface area contributed by atoms with E-state index in [2.05, 4.69) is 5.43 Å². The van der Waals surface area contributed by atoms with Gasteiger partial charge in [0, 0.05) is 23.1 Å². The van der Waals surface area contributed by atoms with Gasteiger partial charge in [0.2, 0.25) is 0 Å². The van der Waals surface area contributed by atoms with Crippen LogP contribution in [-0.2, 0) is 16.1 Å². The lowest BCUT2D eigenvalue weighted by Gasteiger charge is -2.26. The molecule has 2 N–H and O–H groups in total. The average Bonchev–Trinajstić information content (AvgIpc) is 3.44. The summed E-state index contributed by atoms with van der Waals surface area (Å²) in [6.45, 7) is 0.780. The van der Waals surface area contributed by atoms with Gasteiger partial charge in [0.15, 0.2) is 0 Å². The number of ether oxygens (including phenoxy) is 1. The molecule has 1 aliphatic heterocycles. The number of carbonyl (C=O) groups excluding carboxylic acids is 2. The number of methoxy groups -OCH3 is 1. The maximum absolute atomic E-state index is 14.1. The number of benzene rings is 3. The Hall–Kier alpha value is -4.76. The molecule has 1 aromatic heterocycles. The van der Waals surface area contributed by atoms with E-state index in [9.17, 15) is 19.5 Å². The van der Waals surface area contributed by atoms with E-state index in [0.717, 1.165) is 17.0 Å². The summed E-state index contributed by atoms with van der Waals surface area (Å²) in [6.07, 6.45) is 0.510. The molecule has 2 amide bonds. The SMILES string of the molecule is COC(=O)N(NC(=O)c1c(CN2CCC[C@H]2C(=O)O)c(-c2ccccc2)nc2ccccc12)c1ccccc1. The van der Waals surface area contributed by atoms with Crippen LogP contribution < -0.4 is 10.4 Å². The van der Waals surface area contributed by atoms with Gasteiger partial charge in [-0.2, -0.15) is 5.01 Å². The normalized spacial score (nSPS) is 15.2. The Balaban J connectivity index is 1.69. The van der Waals surface area contributed by atoms with Gasteiger partial charge in [0.05, 0.1) is 29.6 Å². The van der Waals surface area contributed by atoms with Gasteiger partial charge in [-0.25, -0.2) is 9.78 Å². The van der Waals surface area contributed by atoms with Crippen molar-refractivity contribution < 1.29 is 24.2 Å². The zero-order valence-corrected chi connectivity index (χ0v) is 21.4. The number of anilines is 1. The number of nitrogens with zero attached hydrogens (tertiary/aromatic N) is 3. The standard InChI is InChI=1S/C30H28N4O5/c1-39-30(38)34(21-13-6-3-7-14-21)32-28(35)26-22-15-8-9-16-24(22)31-27(20-11-4-2-5-12-20)23(26)19-33-18-10-17-25(33)29(36)37/h2-9,11-16,25H,10,17-19H2,1H3,(H,32,35)(H,36,37)/t25-/m0/s1. The lowest BCUT2D eigenvalue weighted by molar-refractivity contribution is -0.142. The Labute approximate surface area is 225 Å². The van der Waals surface area contributed by atoms with Crippen molar-refractivity contribution in [3.63, 3.8) is 0 Å². The van der Waals surface area contributed by atoms with Crippen LogP contribution in [0, 0.1) is 0 Å². The Morgan fingerprint density at radius 2 is 1.67 bits per heavy atom. The number of rotatable bonds is 6. The predicted molar refractivity (Wildman–Crippen MR) is 147 cm³/mol. The molecule has 0 bridgehead atoms. The van der Waals surface area contributed by atoms with Crippen LogP contribution in [-0.4, -0.2) is 52.7 Å². The van der Waals surface area contributed by atoms with E-state index in [-0.39, 0.29) is 6.54 Å². The monoisotopic (exact) mass is 524 g/mol. The van der Waals surface area contributed by atoms with E-state index < -0.39 is 24.0 Å². The Bertz CT molecular complexity index is 1510. The average molecular weight is 525 g/mol. The molecule has 0 spiro atoms. The van der Waals surface area contributed by atoms with Crippen molar-refractivity contribution in [3.8, 4) is 11.3 Å². The molecular weight excluding hydrogens is 496 g/mol. The third kappa shape index (κ3) is 5.30. The molecule has 0 unspecified atom stereocenters. The number of hydrogen-bond donors (Lipinski definition) is 2. The third-order valence-corrected chi connectivity index (χ3v) is 6.86. The molecule has 39 heavy (non-hydrogen) atoms. The lowest BCUT2D eigenvalue weighted by Crippen LogP contribution is -2.47. The van der Waals surface area contributed by atoms with E-state index >= 15 is 0 Å². The van der Waals surface area contributed by atoms with Gasteiger partial charge >= 0.3 is 12.1 Å². The molecule has 9 nitrogen and oxygen atoms in total. The number of para-hydroxylation sites is 2. The molecule has 0 radical (unpaired) electrons. The molecule has 9 heteroatoms. The summed E-state index contributed by atoms with van der Waals surface area (Å²) < 4.78 is 4.95. The van der Waals surface area contributed by atoms with Crippen LogP contribution >= 0.6 is 0 Å². The van der Waals surface area contributed by atoms with Gasteiger partial charge in [0.1, 0.15) is 6.04 Å². The van der Waals surface area contributed by atoms with Crippen LogP contribution in [0.15, 0.2) is 84.9 Å². The van der Waals surface area contributed by atoms with E-state index in [1.54, 1.807) is 36.4 Å². The largest absolute Gasteiger partial charge is 0.480 e. The number of carbonyl (C=O) groups is 3. The fraction of sp³-hybridized carbons (Fsp3) is 0.200. The highest BCUT2D eigenvalue weighted by molar-refractivity contribution is 6.10. The minimum absolute atomic E-state index is 0.200. The maximum atomic E-state index is 14.1. The van der Waals surface area contributed by atoms with Gasteiger partial charge in [-0.15, -0.1) is 0 Å². The lowest BCUT2D eigenvalue weighted by atomic mass is 9.95. The predicted octanol–water partition coefficient (Wildman–Crippen LogP) is 4.87. The van der Waals surface area contributed by atoms with E-state index in [1.807, 2.05) is 53.4 Å². The van der Waals surface area contributed by atoms with Crippen LogP contribution in [0.4, 0.5) is 10.5 Å². The smallest absolute Gasteiger partial charge is 0.433 e. The van der Waals surface area contributed by atoms with Crippen LogP contribution in [0.2, 0.25) is 0 Å². The molecule has 1 fully saturated rings. The number of likely N-dealkylation sites (tertiary alicyclic amines) is 1. The molecule has 5 rings (SSSR count). The fourth-order valence-corrected chi connectivity index (χ4v) is 5.04. The number of carboxylic acids is 1. The van der Waals surface area contributed by atoms with Crippen molar-refractivity contribution in [1.29, 1.82) is 0 Å². The van der Waals surface area contributed by atoms with Crippen molar-refractivity contribution in [3.05, 3.63) is 96.1 Å². The molecule has 198 valence electrons. The van der Waals surface area contributed by atoms with E-state index in [4.69, 9.17) is 9.72 Å². The quantitative estimate of drug-likeness (QED) is 0.346. The molecule has 0 aliphatic carbocycles. The molecule has 1 aliphatic rings. The van der Waals surface area contributed by atoms with Gasteiger partial charge < -0.3 is 9.84 Å². The van der Waals surface area contributed by atoms with Crippen molar-refractivity contribution in [2.45, 2.75) is 25.4 Å². The van der Waals surface area contributed by atoms with Crippen molar-refractivity contribution in [2.24, 2.45) is 0 Å². The summed E-state index contributed by atoms with van der Waals surface area (Å²) in [6, 6.07) is 24.8. The number of carboxylic acid groups (broad SMARTS) is 1. The minimum Gasteiger partial charge on any atom is -0.480 e. The second-order valence-electron chi connectivity index (χ2n) is 9.25. The zero-order chi connectivity index (χ0) is 27.4. The van der Waals surface area contributed by atoms with Crippen molar-refractivity contribution in [1.82, 2.24) is 15.3 Å². The second-order valence-corrected chi connectivity index (χ2v) is 9.25. The Kier molecular flexibility index (Phi) is 7.51. The highest BCUT2D eigenvalue weighted by atomic mass is 16.5. The molecule has 4 aromatic rings. The van der Waals surface area contributed by atoms with Crippen LogP contribution in [0.5, 0.6) is 0 Å². The first-order chi connectivity index (χ1) is 19.0. The van der Waals surface area contributed by atoms with Crippen LogP contribution in [0.1, 0.15) is 28.8 Å². The highest BCUT2D eigenvalue weighted by Gasteiger charge is 2.33. The Morgan fingerprint density at radius 3 is 2.36 bits per heavy atom. The first kappa shape index (κ1) is 25.9. The zero-order valence-electron chi connectivity index (χ0n) is 21.4. The number of amides is 2. The molecule has 1 saturated heterocycles. The summed E-state index contributed by atoms with van der Waals surface area (Å²) in [7, 11) is 1.24. The number of pyridine rings is 1. The highest BCUT2D eigenvalue weighted by Crippen LogP contribution is 2.33. The third-order valence-electron chi connectivity index (χ3n) is 6.86. The van der Waals surface area contributed by atoms with Crippen LogP contribution in [0.3, 0.4) is 0 Å². The topological polar surface area (TPSA) is 112 Å². The summed E-state index contributed by atoms with van der Waals surface area (Å²) in [5.74, 6) is -1.43. The summed E-state index contributed by atoms with van der Waals surface area (Å²) in [4.78, 5) is 45.7. The number of aromatic nitrogens is 1. The van der Waals surface area contributed by atoms with Gasteiger partial charge in [-0.05, 0) is 37.6 Å². The maximum Gasteiger partial charge on any atom is 0.433 e. The summed E-state index contributed by atoms with van der Waals surface area (Å²) in [5, 5.41) is 11.5. The van der Waals surface area contributed by atoms with Crippen molar-refractivity contribution >= 4 is 34.6 Å². The number of nitrogens with one attached hydrogen (secondary N) is 1. The Morgan fingerprint density at radius 1 is 1.00 bits per heavy atom. The van der Waals surface area contributed by atoms with Gasteiger partial charge in [-0.1, -0.05) is 66.7 Å². The number of hydrazine groups is 1. The fourth-order valence-electron chi connectivity index (χ4n) is 5.04. The number of aliphatic carboxylic acids is 1. The molecular formula is C30H28N4O5. The number of fused-ring (bicyclic) bond motifs is 1. The number of hydrogen-bond acceptors (Lipinski definition) is 6. The molecule has 3 aromatic carbocycles. The first-order valence-electron chi connectivity index (χ1n) is 12.7. The molecule has 2 heterocycles. The second kappa shape index (κ2) is 11.3. The van der Waals surface area contributed by atoms with E-state index in [0.29, 0.717) is 46.4 Å². The van der Waals surface area contributed by atoms with Crippen molar-refractivity contribution in [2.75, 3.05) is 18.7 Å². The molecule has 1 atom stereocenters. The first-order valence-corrected chi connectivity index (χ1v) is 12.7. The van der Waals surface area contributed by atoms with Gasteiger partial charge in [-0.3, -0.25) is 19.9 Å².